The van der Waals surface area contributed by atoms with Crippen LogP contribution in [0, 0.1) is 6.92 Å². The molecule has 0 bridgehead atoms. The predicted molar refractivity (Wildman–Crippen MR) is 131 cm³/mol. The van der Waals surface area contributed by atoms with Crippen LogP contribution < -0.4 is 4.74 Å². The Kier molecular flexibility index (Phi) is 8.45. The van der Waals surface area contributed by atoms with Gasteiger partial charge in [0.25, 0.3) is 0 Å². The van der Waals surface area contributed by atoms with Gasteiger partial charge in [-0.1, -0.05) is 57.2 Å². The number of aryl methyl sites for hydroxylation is 1. The molecule has 1 aromatic carbocycles. The first kappa shape index (κ1) is 27.4. The number of ether oxygens (including phenoxy) is 1. The molecule has 35 heavy (non-hydrogen) atoms. The summed E-state index contributed by atoms with van der Waals surface area (Å²) in [4.78, 5) is 0.928. The Bertz CT molecular complexity index is 1070. The van der Waals surface area contributed by atoms with E-state index in [9.17, 15) is 26.3 Å². The highest BCUT2D eigenvalue weighted by Gasteiger charge is 2.77. The molecule has 0 N–H and O–H groups in total. The highest BCUT2D eigenvalue weighted by molar-refractivity contribution is 7.13. The molecule has 0 spiro atoms. The molecule has 0 saturated heterocycles. The third-order valence-electron chi connectivity index (χ3n) is 6.28. The molecule has 3 rings (SSSR count). The lowest BCUT2D eigenvalue weighted by atomic mass is 9.93. The topological polar surface area (TPSA) is 9.23 Å². The highest BCUT2D eigenvalue weighted by Crippen LogP contribution is 2.59. The van der Waals surface area contributed by atoms with E-state index in [-0.39, 0.29) is 11.6 Å². The third-order valence-corrected chi connectivity index (χ3v) is 7.40. The number of rotatable bonds is 11. The van der Waals surface area contributed by atoms with E-state index in [1.54, 1.807) is 31.4 Å². The van der Waals surface area contributed by atoms with Crippen molar-refractivity contribution in [3.05, 3.63) is 56.8 Å². The summed E-state index contributed by atoms with van der Waals surface area (Å²) in [5, 5.41) is 0. The molecule has 0 aliphatic heterocycles. The number of benzene rings is 1. The number of hydrogen-bond acceptors (Lipinski definition) is 2. The molecular weight excluding hydrogens is 486 g/mol. The fraction of sp³-hybridized carbons (Fsp3) is 0.481. The number of methoxy groups -OCH3 is 1. The predicted octanol–water partition coefficient (Wildman–Crippen LogP) is 9.44. The summed E-state index contributed by atoms with van der Waals surface area (Å²) in [6, 6.07) is 7.18. The molecule has 0 fully saturated rings. The lowest BCUT2D eigenvalue weighted by Crippen LogP contribution is -2.48. The van der Waals surface area contributed by atoms with E-state index in [1.165, 1.54) is 6.92 Å². The maximum atomic E-state index is 14.7. The Morgan fingerprint density at radius 2 is 1.51 bits per heavy atom. The zero-order chi connectivity index (χ0) is 25.9. The lowest BCUT2D eigenvalue weighted by Gasteiger charge is -2.25. The second-order valence-corrected chi connectivity index (χ2v) is 10.1. The molecule has 1 heterocycles. The molecule has 1 nitrogen and oxygen atoms in total. The van der Waals surface area contributed by atoms with Gasteiger partial charge in [0.15, 0.2) is 0 Å². The standard InChI is InChI=1S/C27H30F6OS/c1-4-5-6-7-8-9-10-21-23(16-13-19-11-14-20(34-3)15-12-19)35-18(2)24(21)22-17-25(28,29)27(32,33)26(22,30)31/h11-17H,4-10H2,1-3H3. The maximum absolute atomic E-state index is 14.7. The Labute approximate surface area is 206 Å². The van der Waals surface area contributed by atoms with Crippen molar-refractivity contribution >= 4 is 29.1 Å². The summed E-state index contributed by atoms with van der Waals surface area (Å²) in [5.41, 5.74) is -0.189. The minimum atomic E-state index is -5.47. The summed E-state index contributed by atoms with van der Waals surface area (Å²) >= 11 is 1.15. The molecule has 0 atom stereocenters. The first-order valence-electron chi connectivity index (χ1n) is 11.8. The van der Waals surface area contributed by atoms with Gasteiger partial charge in [0, 0.05) is 27.0 Å². The number of thiophene rings is 1. The van der Waals surface area contributed by atoms with E-state index in [4.69, 9.17) is 4.74 Å². The lowest BCUT2D eigenvalue weighted by molar-refractivity contribution is -0.257. The van der Waals surface area contributed by atoms with Crippen molar-refractivity contribution in [2.75, 3.05) is 7.11 Å². The van der Waals surface area contributed by atoms with Gasteiger partial charge in [-0.25, -0.2) is 0 Å². The monoisotopic (exact) mass is 516 g/mol. The number of alkyl halides is 6. The van der Waals surface area contributed by atoms with Gasteiger partial charge in [0.05, 0.1) is 7.11 Å². The average molecular weight is 517 g/mol. The fourth-order valence-corrected chi connectivity index (χ4v) is 5.42. The second kappa shape index (κ2) is 10.8. The SMILES string of the molecule is CCCCCCCCc1c(C=Cc2ccc(OC)cc2)sc(C)c1C1=CC(F)(F)C(F)(F)C1(F)F. The van der Waals surface area contributed by atoms with Crippen LogP contribution in [-0.2, 0) is 6.42 Å². The Morgan fingerprint density at radius 3 is 2.09 bits per heavy atom. The van der Waals surface area contributed by atoms with Crippen molar-refractivity contribution in [2.45, 2.75) is 76.6 Å². The number of unbranched alkanes of at least 4 members (excludes halogenated alkanes) is 5. The fourth-order valence-electron chi connectivity index (χ4n) is 4.29. The molecular formula is C27H30F6OS. The summed E-state index contributed by atoms with van der Waals surface area (Å²) in [7, 11) is 1.55. The maximum Gasteiger partial charge on any atom is 0.380 e. The van der Waals surface area contributed by atoms with Crippen molar-refractivity contribution in [2.24, 2.45) is 0 Å². The summed E-state index contributed by atoms with van der Waals surface area (Å²) in [5.74, 6) is -14.7. The minimum absolute atomic E-state index is 0.167. The zero-order valence-electron chi connectivity index (χ0n) is 20.1. The highest BCUT2D eigenvalue weighted by atomic mass is 32.1. The molecule has 1 aromatic heterocycles. The summed E-state index contributed by atoms with van der Waals surface area (Å²) < 4.78 is 90.3. The van der Waals surface area contributed by atoms with Gasteiger partial charge in [-0.05, 0) is 49.1 Å². The van der Waals surface area contributed by atoms with E-state index in [0.29, 0.717) is 33.9 Å². The summed E-state index contributed by atoms with van der Waals surface area (Å²) in [6.07, 6.45) is 9.34. The molecule has 2 aromatic rings. The molecule has 0 amide bonds. The van der Waals surface area contributed by atoms with E-state index in [2.05, 4.69) is 6.92 Å². The van der Waals surface area contributed by atoms with Crippen LogP contribution in [0.4, 0.5) is 26.3 Å². The van der Waals surface area contributed by atoms with Crippen LogP contribution in [0.1, 0.15) is 71.9 Å². The van der Waals surface area contributed by atoms with Crippen molar-refractivity contribution < 1.29 is 31.1 Å². The Hall–Kier alpha value is -2.22. The zero-order valence-corrected chi connectivity index (χ0v) is 20.9. The smallest absolute Gasteiger partial charge is 0.380 e. The van der Waals surface area contributed by atoms with Gasteiger partial charge in [-0.2, -0.15) is 26.3 Å². The van der Waals surface area contributed by atoms with Gasteiger partial charge >= 0.3 is 17.8 Å². The largest absolute Gasteiger partial charge is 0.497 e. The normalized spacial score (nSPS) is 18.3. The van der Waals surface area contributed by atoms with E-state index in [1.807, 2.05) is 12.1 Å². The van der Waals surface area contributed by atoms with Crippen LogP contribution in [0.25, 0.3) is 17.7 Å². The van der Waals surface area contributed by atoms with Crippen molar-refractivity contribution in [3.63, 3.8) is 0 Å². The molecule has 1 aliphatic rings. The molecule has 0 unspecified atom stereocenters. The summed E-state index contributed by atoms with van der Waals surface area (Å²) in [6.45, 7) is 3.61. The molecule has 8 heteroatoms. The van der Waals surface area contributed by atoms with E-state index in [0.717, 1.165) is 49.0 Å². The quantitative estimate of drug-likeness (QED) is 0.213. The van der Waals surface area contributed by atoms with Gasteiger partial charge in [0.2, 0.25) is 0 Å². The van der Waals surface area contributed by atoms with Gasteiger partial charge in [-0.15, -0.1) is 11.3 Å². The average Bonchev–Trinajstić information content (AvgIpc) is 3.18. The number of hydrogen-bond donors (Lipinski definition) is 0. The van der Waals surface area contributed by atoms with Crippen molar-refractivity contribution in [1.82, 2.24) is 0 Å². The number of halogens is 6. The minimum Gasteiger partial charge on any atom is -0.497 e. The van der Waals surface area contributed by atoms with Crippen molar-refractivity contribution in [1.29, 1.82) is 0 Å². The molecule has 1 aliphatic carbocycles. The Morgan fingerprint density at radius 1 is 0.886 bits per heavy atom. The van der Waals surface area contributed by atoms with Crippen LogP contribution in [0.15, 0.2) is 30.3 Å². The molecule has 0 saturated carbocycles. The second-order valence-electron chi connectivity index (χ2n) is 8.83. The van der Waals surface area contributed by atoms with Gasteiger partial charge in [-0.3, -0.25) is 0 Å². The van der Waals surface area contributed by atoms with E-state index >= 15 is 0 Å². The van der Waals surface area contributed by atoms with Crippen LogP contribution >= 0.6 is 11.3 Å². The van der Waals surface area contributed by atoms with Gasteiger partial charge < -0.3 is 4.74 Å². The van der Waals surface area contributed by atoms with Gasteiger partial charge in [0.1, 0.15) is 5.75 Å². The molecule has 0 radical (unpaired) electrons. The van der Waals surface area contributed by atoms with Crippen LogP contribution in [0.3, 0.4) is 0 Å². The number of allylic oxidation sites excluding steroid dienone is 2. The van der Waals surface area contributed by atoms with Crippen molar-refractivity contribution in [3.8, 4) is 5.75 Å². The van der Waals surface area contributed by atoms with E-state index < -0.39 is 23.3 Å². The Balaban J connectivity index is 1.98. The van der Waals surface area contributed by atoms with Crippen LogP contribution in [-0.4, -0.2) is 24.9 Å². The third kappa shape index (κ3) is 5.47. The molecule has 192 valence electrons. The van der Waals surface area contributed by atoms with Crippen LogP contribution in [0.5, 0.6) is 5.75 Å². The first-order chi connectivity index (χ1) is 16.5. The first-order valence-corrected chi connectivity index (χ1v) is 12.6. The van der Waals surface area contributed by atoms with Crippen LogP contribution in [0.2, 0.25) is 0 Å².